The third-order valence-electron chi connectivity index (χ3n) is 2.96. The highest BCUT2D eigenvalue weighted by atomic mass is 32.1. The van der Waals surface area contributed by atoms with Crippen LogP contribution in [0.2, 0.25) is 0 Å². The van der Waals surface area contributed by atoms with E-state index in [-0.39, 0.29) is 6.04 Å². The molecule has 3 N–H and O–H groups in total. The van der Waals surface area contributed by atoms with Crippen LogP contribution in [0.25, 0.3) is 5.69 Å². The summed E-state index contributed by atoms with van der Waals surface area (Å²) in [5.41, 5.74) is 4.92. The van der Waals surface area contributed by atoms with Gasteiger partial charge in [0, 0.05) is 11.1 Å². The Bertz CT molecular complexity index is 631. The summed E-state index contributed by atoms with van der Waals surface area (Å²) in [7, 11) is 0. The lowest BCUT2D eigenvalue weighted by molar-refractivity contribution is 0.605. The van der Waals surface area contributed by atoms with E-state index in [1.807, 2.05) is 52.5 Å². The molecule has 3 aromatic rings. The first-order valence-corrected chi connectivity index (χ1v) is 6.87. The van der Waals surface area contributed by atoms with Gasteiger partial charge in [-0.3, -0.25) is 5.84 Å². The van der Waals surface area contributed by atoms with E-state index in [4.69, 9.17) is 5.84 Å². The fourth-order valence-corrected chi connectivity index (χ4v) is 2.88. The van der Waals surface area contributed by atoms with Gasteiger partial charge in [-0.2, -0.15) is 5.10 Å². The molecule has 2 aromatic heterocycles. The Morgan fingerprint density at radius 1 is 1.11 bits per heavy atom. The van der Waals surface area contributed by atoms with E-state index in [1.54, 1.807) is 17.5 Å². The zero-order valence-electron chi connectivity index (χ0n) is 10.2. The molecule has 0 bridgehead atoms. The van der Waals surface area contributed by atoms with E-state index in [2.05, 4.69) is 16.6 Å². The Morgan fingerprint density at radius 2 is 1.95 bits per heavy atom. The van der Waals surface area contributed by atoms with E-state index in [9.17, 15) is 0 Å². The maximum absolute atomic E-state index is 5.72. The van der Waals surface area contributed by atoms with Crippen molar-refractivity contribution >= 4 is 11.3 Å². The molecule has 5 heteroatoms. The van der Waals surface area contributed by atoms with Crippen molar-refractivity contribution in [3.8, 4) is 5.69 Å². The van der Waals surface area contributed by atoms with Crippen molar-refractivity contribution in [1.82, 2.24) is 15.2 Å². The van der Waals surface area contributed by atoms with Crippen molar-refractivity contribution < 1.29 is 0 Å². The monoisotopic (exact) mass is 270 g/mol. The average Bonchev–Trinajstić information content (AvgIpc) is 3.12. The van der Waals surface area contributed by atoms with Crippen molar-refractivity contribution in [1.29, 1.82) is 0 Å². The Labute approximate surface area is 115 Å². The van der Waals surface area contributed by atoms with Crippen LogP contribution in [0.15, 0.2) is 60.1 Å². The summed E-state index contributed by atoms with van der Waals surface area (Å²) in [5.74, 6) is 5.72. The lowest BCUT2D eigenvalue weighted by Crippen LogP contribution is -2.29. The highest BCUT2D eigenvalue weighted by Crippen LogP contribution is 2.26. The molecular weight excluding hydrogens is 256 g/mol. The Balaban J connectivity index is 2.04. The third kappa shape index (κ3) is 2.31. The number of hydrogen-bond donors (Lipinski definition) is 2. The van der Waals surface area contributed by atoms with Gasteiger partial charge in [-0.05, 0) is 29.6 Å². The van der Waals surface area contributed by atoms with Gasteiger partial charge in [0.1, 0.15) is 0 Å². The molecule has 1 unspecified atom stereocenters. The van der Waals surface area contributed by atoms with Crippen molar-refractivity contribution in [3.63, 3.8) is 0 Å². The second-order valence-electron chi connectivity index (χ2n) is 4.12. The van der Waals surface area contributed by atoms with Gasteiger partial charge in [-0.15, -0.1) is 11.3 Å². The summed E-state index contributed by atoms with van der Waals surface area (Å²) >= 11 is 1.67. The topological polar surface area (TPSA) is 55.9 Å². The molecule has 0 radical (unpaired) electrons. The van der Waals surface area contributed by atoms with Gasteiger partial charge >= 0.3 is 0 Å². The number of benzene rings is 1. The van der Waals surface area contributed by atoms with Gasteiger partial charge in [0.15, 0.2) is 0 Å². The van der Waals surface area contributed by atoms with Crippen LogP contribution in [-0.4, -0.2) is 9.78 Å². The smallest absolute Gasteiger partial charge is 0.0974 e. The summed E-state index contributed by atoms with van der Waals surface area (Å²) < 4.78 is 1.91. The van der Waals surface area contributed by atoms with E-state index < -0.39 is 0 Å². The predicted octanol–water partition coefficient (Wildman–Crippen LogP) is 2.49. The Morgan fingerprint density at radius 3 is 2.63 bits per heavy atom. The fraction of sp³-hybridized carbons (Fsp3) is 0.0714. The number of aromatic nitrogens is 2. The highest BCUT2D eigenvalue weighted by molar-refractivity contribution is 7.10. The van der Waals surface area contributed by atoms with Crippen LogP contribution >= 0.6 is 11.3 Å². The number of nitrogens with one attached hydrogen (secondary N) is 1. The summed E-state index contributed by atoms with van der Waals surface area (Å²) in [6.45, 7) is 0. The Kier molecular flexibility index (Phi) is 3.41. The van der Waals surface area contributed by atoms with Gasteiger partial charge in [0.2, 0.25) is 0 Å². The van der Waals surface area contributed by atoms with Crippen LogP contribution in [0.5, 0.6) is 0 Å². The molecule has 0 aliphatic heterocycles. The second-order valence-corrected chi connectivity index (χ2v) is 5.10. The summed E-state index contributed by atoms with van der Waals surface area (Å²) in [5, 5.41) is 6.44. The Hall–Kier alpha value is -1.95. The van der Waals surface area contributed by atoms with Crippen LogP contribution in [-0.2, 0) is 0 Å². The standard InChI is InChI=1S/C14H14N4S/c15-17-14(13-7-4-10-19-13)12-8-9-16-18(12)11-5-2-1-3-6-11/h1-10,14,17H,15H2. The van der Waals surface area contributed by atoms with Crippen LogP contribution in [0.4, 0.5) is 0 Å². The van der Waals surface area contributed by atoms with Gasteiger partial charge in [0.25, 0.3) is 0 Å². The molecule has 4 nitrogen and oxygen atoms in total. The van der Waals surface area contributed by atoms with Crippen molar-refractivity contribution in [2.75, 3.05) is 0 Å². The molecule has 2 heterocycles. The maximum atomic E-state index is 5.72. The largest absolute Gasteiger partial charge is 0.270 e. The van der Waals surface area contributed by atoms with Crippen molar-refractivity contribution in [3.05, 3.63) is 70.7 Å². The van der Waals surface area contributed by atoms with Gasteiger partial charge < -0.3 is 0 Å². The van der Waals surface area contributed by atoms with Crippen molar-refractivity contribution in [2.24, 2.45) is 5.84 Å². The van der Waals surface area contributed by atoms with Crippen LogP contribution in [0.3, 0.4) is 0 Å². The molecule has 0 aliphatic carbocycles. The number of hydrogen-bond acceptors (Lipinski definition) is 4. The van der Waals surface area contributed by atoms with E-state index in [0.717, 1.165) is 11.4 Å². The normalized spacial score (nSPS) is 12.5. The van der Waals surface area contributed by atoms with Crippen LogP contribution < -0.4 is 11.3 Å². The zero-order chi connectivity index (χ0) is 13.1. The second kappa shape index (κ2) is 5.36. The minimum Gasteiger partial charge on any atom is -0.270 e. The van der Waals surface area contributed by atoms with Crippen LogP contribution in [0.1, 0.15) is 16.6 Å². The van der Waals surface area contributed by atoms with Gasteiger partial charge in [-0.25, -0.2) is 10.1 Å². The minimum atomic E-state index is -0.0530. The molecule has 96 valence electrons. The molecule has 1 aromatic carbocycles. The molecule has 1 atom stereocenters. The molecule has 0 fully saturated rings. The maximum Gasteiger partial charge on any atom is 0.0974 e. The quantitative estimate of drug-likeness (QED) is 0.565. The SMILES string of the molecule is NNC(c1cccs1)c1ccnn1-c1ccccc1. The fourth-order valence-electron chi connectivity index (χ4n) is 2.09. The van der Waals surface area contributed by atoms with Crippen LogP contribution in [0, 0.1) is 0 Å². The third-order valence-corrected chi connectivity index (χ3v) is 3.90. The number of thiophene rings is 1. The molecule has 0 amide bonds. The highest BCUT2D eigenvalue weighted by Gasteiger charge is 2.18. The summed E-state index contributed by atoms with van der Waals surface area (Å²) in [4.78, 5) is 1.17. The van der Waals surface area contributed by atoms with E-state index >= 15 is 0 Å². The lowest BCUT2D eigenvalue weighted by Gasteiger charge is -2.16. The summed E-state index contributed by atoms with van der Waals surface area (Å²) in [6, 6.07) is 16.1. The van der Waals surface area contributed by atoms with E-state index in [0.29, 0.717) is 0 Å². The number of nitrogens with zero attached hydrogens (tertiary/aromatic N) is 2. The van der Waals surface area contributed by atoms with Gasteiger partial charge in [-0.1, -0.05) is 24.3 Å². The first-order chi connectivity index (χ1) is 9.40. The number of rotatable bonds is 4. The number of hydrazine groups is 1. The van der Waals surface area contributed by atoms with Gasteiger partial charge in [0.05, 0.1) is 17.4 Å². The summed E-state index contributed by atoms with van der Waals surface area (Å²) in [6.07, 6.45) is 1.79. The number of para-hydroxylation sites is 1. The predicted molar refractivity (Wildman–Crippen MR) is 77.0 cm³/mol. The molecule has 3 rings (SSSR count). The minimum absolute atomic E-state index is 0.0530. The molecule has 0 saturated carbocycles. The first kappa shape index (κ1) is 12.1. The van der Waals surface area contributed by atoms with Crippen molar-refractivity contribution in [2.45, 2.75) is 6.04 Å². The molecule has 0 saturated heterocycles. The molecule has 19 heavy (non-hydrogen) atoms. The van der Waals surface area contributed by atoms with E-state index in [1.165, 1.54) is 4.88 Å². The number of nitrogens with two attached hydrogens (primary N) is 1. The average molecular weight is 270 g/mol. The lowest BCUT2D eigenvalue weighted by atomic mass is 10.1. The molecule has 0 spiro atoms. The first-order valence-electron chi connectivity index (χ1n) is 5.99. The molecule has 0 aliphatic rings. The zero-order valence-corrected chi connectivity index (χ0v) is 11.0. The molecular formula is C14H14N4S.